The molecule has 0 aromatic carbocycles. The normalized spacial score (nSPS) is 46.8. The van der Waals surface area contributed by atoms with Gasteiger partial charge >= 0.3 is 0 Å². The standard InChI is InChI=1S/C14H25B/c1-11(2)10-12-13(3)8-6-4-5-7-9-14(12,13)15/h4-5,11-12H,6-10,15H2,1-3H3/b5-4-. The van der Waals surface area contributed by atoms with Gasteiger partial charge in [0.1, 0.15) is 7.85 Å². The fourth-order valence-electron chi connectivity index (χ4n) is 3.99. The van der Waals surface area contributed by atoms with Gasteiger partial charge in [-0.25, -0.2) is 0 Å². The predicted molar refractivity (Wildman–Crippen MR) is 69.9 cm³/mol. The molecule has 84 valence electrons. The van der Waals surface area contributed by atoms with E-state index in [0.29, 0.717) is 10.7 Å². The molecule has 2 rings (SSSR count). The molecule has 0 spiro atoms. The van der Waals surface area contributed by atoms with Crippen molar-refractivity contribution in [1.82, 2.24) is 0 Å². The molecule has 0 aromatic rings. The molecule has 0 bridgehead atoms. The first-order valence-electron chi connectivity index (χ1n) is 6.66. The van der Waals surface area contributed by atoms with E-state index in [1.54, 1.807) is 0 Å². The molecule has 3 atom stereocenters. The Morgan fingerprint density at radius 2 is 1.87 bits per heavy atom. The summed E-state index contributed by atoms with van der Waals surface area (Å²) in [5.74, 6) is 1.86. The summed E-state index contributed by atoms with van der Waals surface area (Å²) in [6.07, 6.45) is 11.7. The van der Waals surface area contributed by atoms with Gasteiger partial charge in [-0.2, -0.15) is 0 Å². The highest BCUT2D eigenvalue weighted by Crippen LogP contribution is 2.79. The maximum Gasteiger partial charge on any atom is 0.110 e. The van der Waals surface area contributed by atoms with E-state index in [-0.39, 0.29) is 0 Å². The van der Waals surface area contributed by atoms with Gasteiger partial charge in [0.2, 0.25) is 0 Å². The van der Waals surface area contributed by atoms with Crippen molar-refractivity contribution in [1.29, 1.82) is 0 Å². The van der Waals surface area contributed by atoms with E-state index in [2.05, 4.69) is 40.8 Å². The fourth-order valence-corrected chi connectivity index (χ4v) is 3.99. The highest BCUT2D eigenvalue weighted by molar-refractivity contribution is 6.19. The number of rotatable bonds is 2. The van der Waals surface area contributed by atoms with E-state index < -0.39 is 0 Å². The largest absolute Gasteiger partial charge is 0.110 e. The topological polar surface area (TPSA) is 0 Å². The first-order chi connectivity index (χ1) is 7.01. The van der Waals surface area contributed by atoms with E-state index in [1.807, 2.05) is 0 Å². The molecule has 1 fully saturated rings. The van der Waals surface area contributed by atoms with E-state index >= 15 is 0 Å². The van der Waals surface area contributed by atoms with Gasteiger partial charge in [0.25, 0.3) is 0 Å². The lowest BCUT2D eigenvalue weighted by atomic mass is 9.70. The molecule has 0 N–H and O–H groups in total. The smallest absolute Gasteiger partial charge is 0.0885 e. The van der Waals surface area contributed by atoms with Crippen LogP contribution in [0.15, 0.2) is 12.2 Å². The maximum atomic E-state index is 2.54. The second-order valence-corrected chi connectivity index (χ2v) is 6.57. The first kappa shape index (κ1) is 11.3. The summed E-state index contributed by atoms with van der Waals surface area (Å²) in [5.41, 5.74) is 0.655. The number of allylic oxidation sites excluding steroid dienone is 2. The van der Waals surface area contributed by atoms with Crippen LogP contribution in [-0.4, -0.2) is 7.85 Å². The molecular weight excluding hydrogens is 179 g/mol. The Morgan fingerprint density at radius 3 is 2.47 bits per heavy atom. The van der Waals surface area contributed by atoms with Gasteiger partial charge in [0.05, 0.1) is 0 Å². The zero-order valence-corrected chi connectivity index (χ0v) is 10.8. The third-order valence-electron chi connectivity index (χ3n) is 5.29. The van der Waals surface area contributed by atoms with E-state index in [1.165, 1.54) is 32.1 Å². The molecule has 1 heteroatoms. The second kappa shape index (κ2) is 3.68. The number of hydrogen-bond acceptors (Lipinski definition) is 0. The van der Waals surface area contributed by atoms with Crippen LogP contribution >= 0.6 is 0 Å². The zero-order chi connectivity index (χ0) is 11.1. The molecular formula is C14H25B. The Morgan fingerprint density at radius 1 is 1.27 bits per heavy atom. The quantitative estimate of drug-likeness (QED) is 0.476. The molecule has 2 aliphatic rings. The van der Waals surface area contributed by atoms with E-state index in [4.69, 9.17) is 0 Å². The van der Waals surface area contributed by atoms with Crippen molar-refractivity contribution in [3.8, 4) is 0 Å². The molecule has 2 aliphatic carbocycles. The van der Waals surface area contributed by atoms with Gasteiger partial charge in [-0.1, -0.05) is 39.3 Å². The molecule has 0 aliphatic heterocycles. The van der Waals surface area contributed by atoms with Crippen molar-refractivity contribution in [2.24, 2.45) is 17.3 Å². The Labute approximate surface area is 95.9 Å². The van der Waals surface area contributed by atoms with Gasteiger partial charge in [-0.15, -0.1) is 0 Å². The van der Waals surface area contributed by atoms with Crippen molar-refractivity contribution in [3.63, 3.8) is 0 Å². The lowest BCUT2D eigenvalue weighted by Crippen LogP contribution is -2.06. The molecule has 15 heavy (non-hydrogen) atoms. The molecule has 0 nitrogen and oxygen atoms in total. The van der Waals surface area contributed by atoms with Crippen LogP contribution in [0.5, 0.6) is 0 Å². The van der Waals surface area contributed by atoms with Gasteiger partial charge in [-0.3, -0.25) is 0 Å². The number of hydrogen-bond donors (Lipinski definition) is 0. The highest BCUT2D eigenvalue weighted by Gasteiger charge is 2.67. The van der Waals surface area contributed by atoms with Crippen LogP contribution < -0.4 is 0 Å². The van der Waals surface area contributed by atoms with Crippen molar-refractivity contribution >= 4 is 7.85 Å². The minimum atomic E-state index is 0.655. The Kier molecular flexibility index (Phi) is 2.77. The molecule has 0 aromatic heterocycles. The average Bonchev–Trinajstić information content (AvgIpc) is 2.54. The van der Waals surface area contributed by atoms with Crippen LogP contribution in [0.25, 0.3) is 0 Å². The van der Waals surface area contributed by atoms with Gasteiger partial charge in [0.15, 0.2) is 0 Å². The summed E-state index contributed by atoms with van der Waals surface area (Å²) in [6.45, 7) is 7.29. The van der Waals surface area contributed by atoms with Crippen LogP contribution in [0.2, 0.25) is 5.31 Å². The van der Waals surface area contributed by atoms with E-state index in [9.17, 15) is 0 Å². The average molecular weight is 204 g/mol. The summed E-state index contributed by atoms with van der Waals surface area (Å²) in [5, 5.41) is 0.655. The van der Waals surface area contributed by atoms with Crippen LogP contribution in [0.3, 0.4) is 0 Å². The van der Waals surface area contributed by atoms with Crippen LogP contribution in [0.1, 0.15) is 52.9 Å². The van der Waals surface area contributed by atoms with Crippen LogP contribution in [-0.2, 0) is 0 Å². The van der Waals surface area contributed by atoms with Crippen molar-refractivity contribution in [3.05, 3.63) is 12.2 Å². The molecule has 1 saturated carbocycles. The summed E-state index contributed by atoms with van der Waals surface area (Å²) in [4.78, 5) is 0. The number of fused-ring (bicyclic) bond motifs is 1. The lowest BCUT2D eigenvalue weighted by Gasteiger charge is -2.19. The molecule has 0 heterocycles. The Hall–Kier alpha value is -0.195. The Balaban J connectivity index is 2.10. The van der Waals surface area contributed by atoms with Crippen LogP contribution in [0.4, 0.5) is 0 Å². The van der Waals surface area contributed by atoms with Crippen molar-refractivity contribution in [2.75, 3.05) is 0 Å². The molecule has 0 radical (unpaired) electrons. The van der Waals surface area contributed by atoms with Gasteiger partial charge in [0, 0.05) is 0 Å². The third kappa shape index (κ3) is 1.68. The summed E-state index contributed by atoms with van der Waals surface area (Å²) in [7, 11) is 2.54. The summed E-state index contributed by atoms with van der Waals surface area (Å²) >= 11 is 0. The van der Waals surface area contributed by atoms with Gasteiger partial charge in [-0.05, 0) is 48.2 Å². The summed E-state index contributed by atoms with van der Waals surface area (Å²) < 4.78 is 0. The van der Waals surface area contributed by atoms with Crippen molar-refractivity contribution in [2.45, 2.75) is 58.2 Å². The van der Waals surface area contributed by atoms with Crippen molar-refractivity contribution < 1.29 is 0 Å². The molecule has 3 unspecified atom stereocenters. The minimum Gasteiger partial charge on any atom is -0.0885 e. The summed E-state index contributed by atoms with van der Waals surface area (Å²) in [6, 6.07) is 0. The molecule has 0 saturated heterocycles. The first-order valence-corrected chi connectivity index (χ1v) is 6.66. The Bertz CT molecular complexity index is 247. The zero-order valence-electron chi connectivity index (χ0n) is 10.8. The molecule has 0 amide bonds. The third-order valence-corrected chi connectivity index (χ3v) is 5.29. The second-order valence-electron chi connectivity index (χ2n) is 6.57. The highest BCUT2D eigenvalue weighted by atomic mass is 14.7. The fraction of sp³-hybridized carbons (Fsp3) is 0.857. The van der Waals surface area contributed by atoms with E-state index in [0.717, 1.165) is 11.8 Å². The van der Waals surface area contributed by atoms with Crippen LogP contribution in [0, 0.1) is 17.3 Å². The minimum absolute atomic E-state index is 0.655. The SMILES string of the molecule is BC12CC/C=C\CCC1(C)C2CC(C)C. The predicted octanol–water partition coefficient (Wildman–Crippen LogP) is 3.59. The lowest BCUT2D eigenvalue weighted by molar-refractivity contribution is 0.407. The maximum absolute atomic E-state index is 2.54. The monoisotopic (exact) mass is 204 g/mol. The van der Waals surface area contributed by atoms with Gasteiger partial charge < -0.3 is 0 Å².